The molecule has 0 radical (unpaired) electrons. The highest BCUT2D eigenvalue weighted by Gasteiger charge is 2.34. The van der Waals surface area contributed by atoms with Gasteiger partial charge in [0.2, 0.25) is 0 Å². The van der Waals surface area contributed by atoms with Crippen LogP contribution in [-0.2, 0) is 11.3 Å². The highest BCUT2D eigenvalue weighted by Crippen LogP contribution is 2.36. The van der Waals surface area contributed by atoms with E-state index < -0.39 is 5.97 Å². The third kappa shape index (κ3) is 4.64. The number of piperidine rings is 1. The number of aryl methyl sites for hydroxylation is 2. The van der Waals surface area contributed by atoms with E-state index in [4.69, 9.17) is 16.3 Å². The molecule has 4 rings (SSSR count). The van der Waals surface area contributed by atoms with Crippen molar-refractivity contribution >= 4 is 55.8 Å². The number of thiazole rings is 1. The summed E-state index contributed by atoms with van der Waals surface area (Å²) in [5, 5.41) is 14.9. The predicted molar refractivity (Wildman–Crippen MR) is 132 cm³/mol. The van der Waals surface area contributed by atoms with E-state index in [0.29, 0.717) is 64.3 Å². The number of H-pyrrole nitrogens is 1. The van der Waals surface area contributed by atoms with Crippen LogP contribution < -0.4 is 4.90 Å². The Kier molecular flexibility index (Phi) is 7.41. The lowest BCUT2D eigenvalue weighted by molar-refractivity contribution is 0.0375. The Morgan fingerprint density at radius 3 is 2.82 bits per heavy atom. The van der Waals surface area contributed by atoms with Gasteiger partial charge in [0, 0.05) is 38.9 Å². The van der Waals surface area contributed by atoms with Gasteiger partial charge in [-0.15, -0.1) is 0 Å². The van der Waals surface area contributed by atoms with E-state index in [-0.39, 0.29) is 22.7 Å². The first kappa shape index (κ1) is 24.8. The number of rotatable bonds is 8. The van der Waals surface area contributed by atoms with Crippen LogP contribution in [0.5, 0.6) is 0 Å². The van der Waals surface area contributed by atoms with Gasteiger partial charge in [0.1, 0.15) is 22.6 Å². The number of aromatic carboxylic acids is 1. The lowest BCUT2D eigenvalue weighted by atomic mass is 9.88. The summed E-state index contributed by atoms with van der Waals surface area (Å²) >= 11 is 10.8. The molecule has 182 valence electrons. The molecule has 0 saturated carbocycles. The Morgan fingerprint density at radius 1 is 1.44 bits per heavy atom. The molecule has 10 nitrogen and oxygen atoms in total. The summed E-state index contributed by atoms with van der Waals surface area (Å²) in [5.41, 5.74) is 1.51. The lowest BCUT2D eigenvalue weighted by Gasteiger charge is -2.37. The minimum absolute atomic E-state index is 0.00577. The largest absolute Gasteiger partial charge is 0.477 e. The first-order valence-corrected chi connectivity index (χ1v) is 12.7. The number of ether oxygens (including phenoxy) is 1. The van der Waals surface area contributed by atoms with Crippen molar-refractivity contribution in [3.63, 3.8) is 0 Å². The zero-order valence-electron chi connectivity index (χ0n) is 18.8. The van der Waals surface area contributed by atoms with Crippen molar-refractivity contribution in [2.45, 2.75) is 39.3 Å². The summed E-state index contributed by atoms with van der Waals surface area (Å²) in [5.74, 6) is -0.704. The number of carbonyl (C=O) groups is 2. The topological polar surface area (TPSA) is 126 Å². The fourth-order valence-corrected chi connectivity index (χ4v) is 5.69. The van der Waals surface area contributed by atoms with Gasteiger partial charge in [0.05, 0.1) is 15.6 Å². The summed E-state index contributed by atoms with van der Waals surface area (Å²) in [6.07, 6.45) is 2.15. The molecule has 0 unspecified atom stereocenters. The van der Waals surface area contributed by atoms with Crippen LogP contribution in [0.1, 0.15) is 45.6 Å². The molecule has 0 amide bonds. The van der Waals surface area contributed by atoms with Gasteiger partial charge in [-0.2, -0.15) is 5.10 Å². The van der Waals surface area contributed by atoms with Crippen molar-refractivity contribution in [2.75, 3.05) is 25.1 Å². The average molecular weight is 572 g/mol. The molecule has 1 aliphatic rings. The molecule has 3 aromatic rings. The molecule has 0 spiro atoms. The van der Waals surface area contributed by atoms with Gasteiger partial charge < -0.3 is 19.7 Å². The summed E-state index contributed by atoms with van der Waals surface area (Å²) in [6.45, 7) is 5.41. The van der Waals surface area contributed by atoms with Gasteiger partial charge in [0.15, 0.2) is 16.7 Å². The first-order chi connectivity index (χ1) is 16.2. The molecule has 1 saturated heterocycles. The number of aromatic nitrogens is 5. The van der Waals surface area contributed by atoms with E-state index in [2.05, 4.69) is 36.0 Å². The molecule has 4 heterocycles. The molecule has 13 heteroatoms. The SMILES string of the molecule is CCn1ncnc1-c1nc(N2CC[C@@H](CC(=O)c3[nH]c(C)c(Br)c3Cl)[C@@H](OC)C2)sc1C(=O)O. The maximum atomic E-state index is 12.9. The Hall–Kier alpha value is -2.28. The second-order valence-electron chi connectivity index (χ2n) is 8.03. The number of anilines is 1. The molecular weight excluding hydrogens is 548 g/mol. The number of Topliss-reactive ketones (excluding diaryl/α,β-unsaturated/α-hetero) is 1. The van der Waals surface area contributed by atoms with Gasteiger partial charge >= 0.3 is 5.97 Å². The Balaban J connectivity index is 1.53. The number of carboxylic acid groups (broad SMARTS) is 1. The number of ketones is 1. The normalized spacial score (nSPS) is 18.4. The molecule has 1 aliphatic heterocycles. The van der Waals surface area contributed by atoms with E-state index in [0.717, 1.165) is 17.0 Å². The fourth-order valence-electron chi connectivity index (χ4n) is 4.16. The molecule has 2 atom stereocenters. The van der Waals surface area contributed by atoms with Crippen LogP contribution in [0, 0.1) is 12.8 Å². The van der Waals surface area contributed by atoms with E-state index in [1.54, 1.807) is 11.8 Å². The second kappa shape index (κ2) is 10.1. The number of nitrogens with one attached hydrogen (secondary N) is 1. The van der Waals surface area contributed by atoms with Crippen molar-refractivity contribution in [1.82, 2.24) is 24.7 Å². The second-order valence-corrected chi connectivity index (χ2v) is 10.2. The van der Waals surface area contributed by atoms with Crippen LogP contribution in [0.4, 0.5) is 5.13 Å². The van der Waals surface area contributed by atoms with Crippen molar-refractivity contribution in [3.8, 4) is 11.5 Å². The Morgan fingerprint density at radius 2 is 2.21 bits per heavy atom. The smallest absolute Gasteiger partial charge is 0.348 e. The minimum Gasteiger partial charge on any atom is -0.477 e. The van der Waals surface area contributed by atoms with Crippen LogP contribution >= 0.6 is 38.9 Å². The summed E-state index contributed by atoms with van der Waals surface area (Å²) in [4.78, 5) is 38.9. The third-order valence-corrected chi connectivity index (χ3v) is 8.69. The summed E-state index contributed by atoms with van der Waals surface area (Å²) < 4.78 is 8.05. The van der Waals surface area contributed by atoms with Crippen LogP contribution in [0.3, 0.4) is 0 Å². The maximum absolute atomic E-state index is 12.9. The van der Waals surface area contributed by atoms with E-state index in [9.17, 15) is 14.7 Å². The van der Waals surface area contributed by atoms with Crippen LogP contribution in [0.25, 0.3) is 11.5 Å². The van der Waals surface area contributed by atoms with E-state index >= 15 is 0 Å². The number of nitrogens with zero attached hydrogens (tertiary/aromatic N) is 5. The fraction of sp³-hybridized carbons (Fsp3) is 0.476. The molecule has 34 heavy (non-hydrogen) atoms. The number of carboxylic acids is 1. The first-order valence-electron chi connectivity index (χ1n) is 10.7. The molecule has 0 bridgehead atoms. The lowest BCUT2D eigenvalue weighted by Crippen LogP contribution is -2.45. The zero-order chi connectivity index (χ0) is 24.6. The van der Waals surface area contributed by atoms with Gasteiger partial charge in [-0.3, -0.25) is 4.79 Å². The maximum Gasteiger partial charge on any atom is 0.348 e. The number of methoxy groups -OCH3 is 1. The van der Waals surface area contributed by atoms with Gasteiger partial charge in [-0.1, -0.05) is 22.9 Å². The minimum atomic E-state index is -1.06. The highest BCUT2D eigenvalue weighted by atomic mass is 79.9. The molecule has 2 N–H and O–H groups in total. The predicted octanol–water partition coefficient (Wildman–Crippen LogP) is 4.29. The molecule has 0 aliphatic carbocycles. The summed E-state index contributed by atoms with van der Waals surface area (Å²) in [7, 11) is 1.62. The zero-order valence-corrected chi connectivity index (χ0v) is 22.0. The van der Waals surface area contributed by atoms with E-state index in [1.165, 1.54) is 6.33 Å². The molecule has 1 fully saturated rings. The van der Waals surface area contributed by atoms with Crippen molar-refractivity contribution in [2.24, 2.45) is 5.92 Å². The average Bonchev–Trinajstić information content (AvgIpc) is 3.53. The van der Waals surface area contributed by atoms with Gasteiger partial charge in [0.25, 0.3) is 0 Å². The molecule has 3 aromatic heterocycles. The quantitative estimate of drug-likeness (QED) is 0.384. The standard InChI is InChI=1S/C21H24BrClN6O4S/c1-4-29-19(24-9-25-29)17-18(20(31)32)34-21(27-17)28-6-5-11(13(8-28)33-3)7-12(30)16-15(23)14(22)10(2)26-16/h9,11,13,26H,4-8H2,1-3H3,(H,31,32)/t11-,13-/m0/s1. The number of halogens is 2. The van der Waals surface area contributed by atoms with Crippen LogP contribution in [0.2, 0.25) is 5.02 Å². The monoisotopic (exact) mass is 570 g/mol. The van der Waals surface area contributed by atoms with Crippen molar-refractivity contribution in [1.29, 1.82) is 0 Å². The van der Waals surface area contributed by atoms with Gasteiger partial charge in [-0.05, 0) is 42.1 Å². The number of aromatic amines is 1. The van der Waals surface area contributed by atoms with Crippen molar-refractivity contribution < 1.29 is 19.4 Å². The third-order valence-electron chi connectivity index (χ3n) is 5.99. The van der Waals surface area contributed by atoms with Crippen LogP contribution in [-0.4, -0.2) is 67.9 Å². The Bertz CT molecular complexity index is 1220. The number of carbonyl (C=O) groups excluding carboxylic acids is 1. The molecular formula is C21H24BrClN6O4S. The Labute approximate surface area is 213 Å². The van der Waals surface area contributed by atoms with Crippen molar-refractivity contribution in [3.05, 3.63) is 32.1 Å². The number of hydrogen-bond acceptors (Lipinski definition) is 8. The molecule has 0 aromatic carbocycles. The highest BCUT2D eigenvalue weighted by molar-refractivity contribution is 9.10. The summed E-state index contributed by atoms with van der Waals surface area (Å²) in [6, 6.07) is 0. The number of hydrogen-bond donors (Lipinski definition) is 2. The van der Waals surface area contributed by atoms with Gasteiger partial charge in [-0.25, -0.2) is 19.4 Å². The van der Waals surface area contributed by atoms with Crippen LogP contribution in [0.15, 0.2) is 10.8 Å². The van der Waals surface area contributed by atoms with E-state index in [1.807, 2.05) is 18.7 Å².